The molecule has 0 aliphatic heterocycles. The average molecular weight is 272 g/mol. The number of nitrogens with one attached hydrogen (secondary N) is 2. The predicted octanol–water partition coefficient (Wildman–Crippen LogP) is 1.48. The molecule has 8 heteroatoms. The van der Waals surface area contributed by atoms with Crippen LogP contribution in [-0.4, -0.2) is 33.3 Å². The Morgan fingerprint density at radius 3 is 2.72 bits per heavy atom. The number of carbonyl (C=O) groups excluding carboxylic acids is 1. The Kier molecular flexibility index (Phi) is 5.50. The molecule has 0 saturated heterocycles. The molecule has 0 aromatic carbocycles. The van der Waals surface area contributed by atoms with Crippen molar-refractivity contribution in [1.82, 2.24) is 15.5 Å². The molecular weight excluding hydrogens is 256 g/mol. The predicted molar refractivity (Wildman–Crippen MR) is 67.8 cm³/mol. The molecule has 3 N–H and O–H groups in total. The first-order valence-corrected chi connectivity index (χ1v) is 6.44. The van der Waals surface area contributed by atoms with Crippen molar-refractivity contribution in [2.45, 2.75) is 39.2 Å². The highest BCUT2D eigenvalue weighted by Gasteiger charge is 2.11. The van der Waals surface area contributed by atoms with E-state index in [1.807, 2.05) is 6.92 Å². The number of carbonyl (C=O) groups is 2. The van der Waals surface area contributed by atoms with Crippen LogP contribution in [0.1, 0.15) is 31.7 Å². The summed E-state index contributed by atoms with van der Waals surface area (Å²) < 4.78 is 0. The summed E-state index contributed by atoms with van der Waals surface area (Å²) in [5, 5.41) is 22.7. The summed E-state index contributed by atoms with van der Waals surface area (Å²) in [5.74, 6) is -0.874. The van der Waals surface area contributed by atoms with E-state index in [2.05, 4.69) is 20.8 Å². The number of urea groups is 1. The molecule has 0 fully saturated rings. The summed E-state index contributed by atoms with van der Waals surface area (Å²) in [6.07, 6.45) is 1.19. The van der Waals surface area contributed by atoms with Crippen molar-refractivity contribution < 1.29 is 14.7 Å². The Bertz CT molecular complexity index is 421. The molecule has 18 heavy (non-hydrogen) atoms. The topological polar surface area (TPSA) is 104 Å². The van der Waals surface area contributed by atoms with Crippen molar-refractivity contribution >= 4 is 28.5 Å². The highest BCUT2D eigenvalue weighted by atomic mass is 32.1. The molecule has 1 aromatic rings. The first-order chi connectivity index (χ1) is 8.51. The fourth-order valence-electron chi connectivity index (χ4n) is 1.22. The number of carboxylic acids is 1. The fourth-order valence-corrected chi connectivity index (χ4v) is 1.89. The van der Waals surface area contributed by atoms with Gasteiger partial charge in [-0.15, -0.1) is 10.2 Å². The molecule has 1 rings (SSSR count). The van der Waals surface area contributed by atoms with E-state index in [0.717, 1.165) is 11.4 Å². The van der Waals surface area contributed by atoms with Crippen molar-refractivity contribution in [3.8, 4) is 0 Å². The molecule has 100 valence electrons. The van der Waals surface area contributed by atoms with Crippen molar-refractivity contribution in [2.75, 3.05) is 5.32 Å². The van der Waals surface area contributed by atoms with Crippen LogP contribution in [0.2, 0.25) is 0 Å². The number of amides is 2. The van der Waals surface area contributed by atoms with Crippen LogP contribution >= 0.6 is 11.3 Å². The highest BCUT2D eigenvalue weighted by molar-refractivity contribution is 7.15. The van der Waals surface area contributed by atoms with Crippen LogP contribution in [0, 0.1) is 0 Å². The maximum atomic E-state index is 11.5. The number of anilines is 1. The van der Waals surface area contributed by atoms with Crippen LogP contribution in [-0.2, 0) is 11.2 Å². The molecule has 0 bridgehead atoms. The lowest BCUT2D eigenvalue weighted by Crippen LogP contribution is -2.36. The number of rotatable bonds is 6. The van der Waals surface area contributed by atoms with E-state index >= 15 is 0 Å². The zero-order valence-electron chi connectivity index (χ0n) is 10.3. The normalized spacial score (nSPS) is 11.9. The summed E-state index contributed by atoms with van der Waals surface area (Å²) >= 11 is 1.32. The van der Waals surface area contributed by atoms with E-state index < -0.39 is 12.0 Å². The lowest BCUT2D eigenvalue weighted by Gasteiger charge is -2.12. The summed E-state index contributed by atoms with van der Waals surface area (Å²) in [7, 11) is 0. The van der Waals surface area contributed by atoms with Crippen LogP contribution < -0.4 is 10.6 Å². The van der Waals surface area contributed by atoms with Gasteiger partial charge in [-0.05, 0) is 19.8 Å². The Hall–Kier alpha value is -1.70. The molecule has 1 unspecified atom stereocenters. The molecule has 0 radical (unpaired) electrons. The van der Waals surface area contributed by atoms with E-state index in [4.69, 9.17) is 5.11 Å². The van der Waals surface area contributed by atoms with Crippen LogP contribution in [0.15, 0.2) is 0 Å². The van der Waals surface area contributed by atoms with Crippen molar-refractivity contribution in [1.29, 1.82) is 0 Å². The standard InChI is InChI=1S/C10H16N4O3S/c1-3-7-13-14-10(18-7)12-9(17)11-6(2)4-5-8(15)16/h6H,3-5H2,1-2H3,(H,15,16)(H2,11,12,14,17). The number of aromatic nitrogens is 2. The SMILES string of the molecule is CCc1nnc(NC(=O)NC(C)CCC(=O)O)s1. The van der Waals surface area contributed by atoms with Gasteiger partial charge in [0.2, 0.25) is 5.13 Å². The van der Waals surface area contributed by atoms with Gasteiger partial charge in [0.15, 0.2) is 0 Å². The zero-order valence-corrected chi connectivity index (χ0v) is 11.1. The number of hydrogen-bond acceptors (Lipinski definition) is 5. The van der Waals surface area contributed by atoms with Crippen molar-refractivity contribution in [3.63, 3.8) is 0 Å². The van der Waals surface area contributed by atoms with Gasteiger partial charge in [0, 0.05) is 12.5 Å². The minimum atomic E-state index is -0.874. The number of aliphatic carboxylic acids is 1. The van der Waals surface area contributed by atoms with Gasteiger partial charge in [-0.25, -0.2) is 4.79 Å². The summed E-state index contributed by atoms with van der Waals surface area (Å²) in [4.78, 5) is 21.9. The number of carboxylic acid groups (broad SMARTS) is 1. The molecule has 1 heterocycles. The van der Waals surface area contributed by atoms with Gasteiger partial charge in [-0.1, -0.05) is 18.3 Å². The Balaban J connectivity index is 2.34. The molecule has 0 aliphatic rings. The van der Waals surface area contributed by atoms with E-state index in [0.29, 0.717) is 11.6 Å². The number of hydrogen-bond donors (Lipinski definition) is 3. The third kappa shape index (κ3) is 5.09. The Morgan fingerprint density at radius 2 is 2.17 bits per heavy atom. The second kappa shape index (κ2) is 6.90. The lowest BCUT2D eigenvalue weighted by atomic mass is 10.2. The van der Waals surface area contributed by atoms with Gasteiger partial charge in [0.05, 0.1) is 0 Å². The van der Waals surface area contributed by atoms with Gasteiger partial charge >= 0.3 is 12.0 Å². The van der Waals surface area contributed by atoms with Gasteiger partial charge in [-0.3, -0.25) is 10.1 Å². The summed E-state index contributed by atoms with van der Waals surface area (Å²) in [6, 6.07) is -0.605. The molecule has 0 aliphatic carbocycles. The Labute approximate surface area is 109 Å². The maximum Gasteiger partial charge on any atom is 0.321 e. The molecule has 0 saturated carbocycles. The van der Waals surface area contributed by atoms with Gasteiger partial charge in [-0.2, -0.15) is 0 Å². The molecule has 7 nitrogen and oxygen atoms in total. The van der Waals surface area contributed by atoms with Crippen LogP contribution in [0.25, 0.3) is 0 Å². The van der Waals surface area contributed by atoms with Gasteiger partial charge < -0.3 is 10.4 Å². The Morgan fingerprint density at radius 1 is 1.44 bits per heavy atom. The largest absolute Gasteiger partial charge is 0.481 e. The van der Waals surface area contributed by atoms with E-state index in [-0.39, 0.29) is 12.5 Å². The van der Waals surface area contributed by atoms with Gasteiger partial charge in [0.25, 0.3) is 0 Å². The highest BCUT2D eigenvalue weighted by Crippen LogP contribution is 2.15. The average Bonchev–Trinajstić information content (AvgIpc) is 2.73. The van der Waals surface area contributed by atoms with E-state index in [9.17, 15) is 9.59 Å². The van der Waals surface area contributed by atoms with Gasteiger partial charge in [0.1, 0.15) is 5.01 Å². The quantitative estimate of drug-likeness (QED) is 0.727. The van der Waals surface area contributed by atoms with Crippen LogP contribution in [0.3, 0.4) is 0 Å². The second-order valence-corrected chi connectivity index (χ2v) is 4.85. The molecule has 0 spiro atoms. The fraction of sp³-hybridized carbons (Fsp3) is 0.600. The van der Waals surface area contributed by atoms with Crippen LogP contribution in [0.4, 0.5) is 9.93 Å². The number of aryl methyl sites for hydroxylation is 1. The second-order valence-electron chi connectivity index (χ2n) is 3.79. The molecule has 1 aromatic heterocycles. The minimum Gasteiger partial charge on any atom is -0.481 e. The maximum absolute atomic E-state index is 11.5. The van der Waals surface area contributed by atoms with Crippen molar-refractivity contribution in [3.05, 3.63) is 5.01 Å². The summed E-state index contributed by atoms with van der Waals surface area (Å²) in [5.41, 5.74) is 0. The van der Waals surface area contributed by atoms with Crippen LogP contribution in [0.5, 0.6) is 0 Å². The first kappa shape index (κ1) is 14.4. The molecule has 1 atom stereocenters. The first-order valence-electron chi connectivity index (χ1n) is 5.63. The number of nitrogens with zero attached hydrogens (tertiary/aromatic N) is 2. The zero-order chi connectivity index (χ0) is 13.5. The third-order valence-corrected chi connectivity index (χ3v) is 3.14. The third-order valence-electron chi connectivity index (χ3n) is 2.16. The monoisotopic (exact) mass is 272 g/mol. The molecule has 2 amide bonds. The minimum absolute atomic E-state index is 0.0280. The lowest BCUT2D eigenvalue weighted by molar-refractivity contribution is -0.137. The smallest absolute Gasteiger partial charge is 0.321 e. The molecular formula is C10H16N4O3S. The van der Waals surface area contributed by atoms with E-state index in [1.54, 1.807) is 6.92 Å². The summed E-state index contributed by atoms with van der Waals surface area (Å²) in [6.45, 7) is 3.71. The van der Waals surface area contributed by atoms with E-state index in [1.165, 1.54) is 11.3 Å². The van der Waals surface area contributed by atoms with Crippen molar-refractivity contribution in [2.24, 2.45) is 0 Å².